The Kier molecular flexibility index (Phi) is 3.88. The smallest absolute Gasteiger partial charge is 0.417 e. The third-order valence-corrected chi connectivity index (χ3v) is 2.03. The lowest BCUT2D eigenvalue weighted by Gasteiger charge is -2.18. The third-order valence-electron chi connectivity index (χ3n) is 2.03. The van der Waals surface area contributed by atoms with Crippen LogP contribution in [0.5, 0.6) is 0 Å². The Morgan fingerprint density at radius 2 is 1.67 bits per heavy atom. The normalized spacial score (nSPS) is 12.3. The van der Waals surface area contributed by atoms with Gasteiger partial charge < -0.3 is 4.74 Å². The first-order valence-electron chi connectivity index (χ1n) is 4.43. The summed E-state index contributed by atoms with van der Waals surface area (Å²) in [7, 11) is 0. The van der Waals surface area contributed by atoms with Gasteiger partial charge >= 0.3 is 18.8 Å². The molecule has 1 rings (SSSR count). The van der Waals surface area contributed by atoms with E-state index >= 15 is 0 Å². The molecule has 1 aromatic rings. The molecule has 99 valence electrons. The molecule has 0 heterocycles. The topological polar surface area (TPSA) is 26.3 Å². The minimum atomic E-state index is -5.20. The van der Waals surface area contributed by atoms with Crippen molar-refractivity contribution in [1.29, 1.82) is 0 Å². The molecule has 2 nitrogen and oxygen atoms in total. The van der Waals surface area contributed by atoms with Crippen LogP contribution in [0.25, 0.3) is 0 Å². The predicted octanol–water partition coefficient (Wildman–Crippen LogP) is 3.31. The fraction of sp³-hybridized carbons (Fsp3) is 0.300. The van der Waals surface area contributed by atoms with Crippen molar-refractivity contribution in [3.05, 3.63) is 34.9 Å². The van der Waals surface area contributed by atoms with Crippen molar-refractivity contribution in [3.8, 4) is 0 Å². The molecule has 1 aromatic carbocycles. The monoisotopic (exact) mass is 271 g/mol. The summed E-state index contributed by atoms with van der Waals surface area (Å²) < 4.78 is 79.2. The van der Waals surface area contributed by atoms with Gasteiger partial charge in [-0.25, -0.2) is 4.79 Å². The van der Waals surface area contributed by atoms with Crippen molar-refractivity contribution in [2.45, 2.75) is 19.0 Å². The molecule has 18 heavy (non-hydrogen) atoms. The van der Waals surface area contributed by atoms with Crippen LogP contribution in [-0.4, -0.2) is 6.47 Å². The second-order valence-electron chi connectivity index (χ2n) is 3.21. The highest BCUT2D eigenvalue weighted by Crippen LogP contribution is 2.42. The molecule has 8 heteroatoms. The van der Waals surface area contributed by atoms with Gasteiger partial charge in [0.05, 0.1) is 11.1 Å². The highest BCUT2D eigenvalue weighted by atomic mass is 19.4. The fourth-order valence-corrected chi connectivity index (χ4v) is 1.40. The average Bonchev–Trinajstić information content (AvgIpc) is 2.23. The molecule has 0 N–H and O–H groups in total. The van der Waals surface area contributed by atoms with Gasteiger partial charge in [0.2, 0.25) is 0 Å². The summed E-state index contributed by atoms with van der Waals surface area (Å²) in [4.78, 5) is 9.77. The quantitative estimate of drug-likeness (QED) is 0.788. The zero-order valence-corrected chi connectivity index (χ0v) is 8.52. The maximum Gasteiger partial charge on any atom is 0.417 e. The van der Waals surface area contributed by atoms with Gasteiger partial charge in [0.1, 0.15) is 6.61 Å². The van der Waals surface area contributed by atoms with Crippen LogP contribution in [0.3, 0.4) is 0 Å². The maximum atomic E-state index is 12.6. The SMILES string of the molecule is O=[C]OCc1cccc(C(F)(F)F)c1C(F)(F)F. The minimum absolute atomic E-state index is 0.316. The molecule has 0 fully saturated rings. The lowest BCUT2D eigenvalue weighted by Crippen LogP contribution is -2.19. The number of ether oxygens (including phenoxy) is 1. The number of rotatable bonds is 3. The fourth-order valence-electron chi connectivity index (χ4n) is 1.40. The zero-order valence-electron chi connectivity index (χ0n) is 8.52. The highest BCUT2D eigenvalue weighted by Gasteiger charge is 2.44. The highest BCUT2D eigenvalue weighted by molar-refractivity contribution is 5.42. The van der Waals surface area contributed by atoms with Gasteiger partial charge in [-0.2, -0.15) is 26.3 Å². The van der Waals surface area contributed by atoms with Crippen LogP contribution in [0.15, 0.2) is 18.2 Å². The molecule has 0 atom stereocenters. The van der Waals surface area contributed by atoms with Crippen molar-refractivity contribution in [1.82, 2.24) is 0 Å². The van der Waals surface area contributed by atoms with Crippen molar-refractivity contribution >= 4 is 6.47 Å². The molecule has 0 amide bonds. The van der Waals surface area contributed by atoms with E-state index in [0.29, 0.717) is 6.07 Å². The molecule has 0 aliphatic carbocycles. The average molecular weight is 271 g/mol. The number of carbonyl (C=O) groups excluding carboxylic acids is 1. The summed E-state index contributed by atoms with van der Waals surface area (Å²) in [6, 6.07) is 1.92. The van der Waals surface area contributed by atoms with E-state index in [1.165, 1.54) is 0 Å². The number of hydrogen-bond acceptors (Lipinski definition) is 2. The van der Waals surface area contributed by atoms with E-state index < -0.39 is 35.6 Å². The standard InChI is InChI=1S/C10H5F6O2/c11-9(12,13)7-3-1-2-6(4-18-5-17)8(7)10(14,15)16/h1-3H,4H2. The van der Waals surface area contributed by atoms with E-state index in [0.717, 1.165) is 18.6 Å². The Bertz CT molecular complexity index is 435. The molecule has 1 radical (unpaired) electrons. The molecule has 0 aromatic heterocycles. The molecule has 0 spiro atoms. The first-order valence-corrected chi connectivity index (χ1v) is 4.43. The second kappa shape index (κ2) is 4.87. The van der Waals surface area contributed by atoms with Crippen LogP contribution in [0.4, 0.5) is 26.3 Å². The Hall–Kier alpha value is -1.73. The van der Waals surface area contributed by atoms with E-state index in [-0.39, 0.29) is 0 Å². The third kappa shape index (κ3) is 3.14. The lowest BCUT2D eigenvalue weighted by molar-refractivity contribution is -0.162. The van der Waals surface area contributed by atoms with Crippen molar-refractivity contribution in [2.75, 3.05) is 0 Å². The molecule has 0 unspecified atom stereocenters. The van der Waals surface area contributed by atoms with Crippen LogP contribution in [0.1, 0.15) is 16.7 Å². The van der Waals surface area contributed by atoms with E-state index in [9.17, 15) is 31.1 Å². The Labute approximate surface area is 97.2 Å². The van der Waals surface area contributed by atoms with Crippen LogP contribution in [0.2, 0.25) is 0 Å². The summed E-state index contributed by atoms with van der Waals surface area (Å²) in [6.45, 7) is -0.0739. The number of alkyl halides is 6. The molecule has 0 bridgehead atoms. The van der Waals surface area contributed by atoms with E-state index in [1.54, 1.807) is 0 Å². The Morgan fingerprint density at radius 1 is 1.06 bits per heavy atom. The minimum Gasteiger partial charge on any atom is -0.452 e. The van der Waals surface area contributed by atoms with E-state index in [4.69, 9.17) is 0 Å². The summed E-state index contributed by atoms with van der Waals surface area (Å²) in [6.07, 6.45) is -10.3. The lowest BCUT2D eigenvalue weighted by atomic mass is 10.0. The van der Waals surface area contributed by atoms with Gasteiger partial charge in [-0.15, -0.1) is 0 Å². The Morgan fingerprint density at radius 3 is 2.11 bits per heavy atom. The van der Waals surface area contributed by atoms with Crippen molar-refractivity contribution < 1.29 is 35.9 Å². The molecule has 0 aliphatic rings. The molecule has 0 saturated carbocycles. The van der Waals surface area contributed by atoms with Crippen LogP contribution in [-0.2, 0) is 28.5 Å². The number of benzene rings is 1. The Balaban J connectivity index is 3.40. The van der Waals surface area contributed by atoms with Crippen LogP contribution in [0, 0.1) is 0 Å². The van der Waals surface area contributed by atoms with Gasteiger partial charge in [0, 0.05) is 5.56 Å². The summed E-state index contributed by atoms with van der Waals surface area (Å²) in [5.74, 6) is 0. The van der Waals surface area contributed by atoms with Gasteiger partial charge in [-0.1, -0.05) is 12.1 Å². The van der Waals surface area contributed by atoms with Crippen LogP contribution >= 0.6 is 0 Å². The van der Waals surface area contributed by atoms with Crippen LogP contribution < -0.4 is 0 Å². The number of halogens is 6. The molecule has 0 saturated heterocycles. The van der Waals surface area contributed by atoms with Crippen molar-refractivity contribution in [3.63, 3.8) is 0 Å². The molecular weight excluding hydrogens is 266 g/mol. The maximum absolute atomic E-state index is 12.6. The second-order valence-corrected chi connectivity index (χ2v) is 3.21. The van der Waals surface area contributed by atoms with E-state index in [1.807, 2.05) is 0 Å². The number of hydrogen-bond donors (Lipinski definition) is 0. The summed E-state index contributed by atoms with van der Waals surface area (Å²) in [5.41, 5.74) is -4.45. The van der Waals surface area contributed by atoms with E-state index in [2.05, 4.69) is 4.74 Å². The summed E-state index contributed by atoms with van der Waals surface area (Å²) >= 11 is 0. The predicted molar refractivity (Wildman–Crippen MR) is 46.9 cm³/mol. The van der Waals surface area contributed by atoms with Gasteiger partial charge in [0.15, 0.2) is 0 Å². The zero-order chi connectivity index (χ0) is 14.0. The van der Waals surface area contributed by atoms with Gasteiger partial charge in [-0.3, -0.25) is 0 Å². The first kappa shape index (κ1) is 14.3. The van der Waals surface area contributed by atoms with Gasteiger partial charge in [0.25, 0.3) is 0 Å². The molecular formula is C10H5F6O2. The van der Waals surface area contributed by atoms with Gasteiger partial charge in [-0.05, 0) is 6.07 Å². The summed E-state index contributed by atoms with van der Waals surface area (Å²) in [5, 5.41) is 0. The first-order chi connectivity index (χ1) is 8.18. The molecule has 0 aliphatic heterocycles. The largest absolute Gasteiger partial charge is 0.452 e. The van der Waals surface area contributed by atoms with Crippen molar-refractivity contribution in [2.24, 2.45) is 0 Å².